The lowest BCUT2D eigenvalue weighted by molar-refractivity contribution is 0.0721. The summed E-state index contributed by atoms with van der Waals surface area (Å²) in [7, 11) is 1.67. The number of aromatic nitrogens is 2. The van der Waals surface area contributed by atoms with Crippen molar-refractivity contribution >= 4 is 5.91 Å². The van der Waals surface area contributed by atoms with E-state index in [2.05, 4.69) is 18.1 Å². The van der Waals surface area contributed by atoms with Gasteiger partial charge in [-0.05, 0) is 50.5 Å². The van der Waals surface area contributed by atoms with E-state index >= 15 is 0 Å². The number of ether oxygens (including phenoxy) is 1. The van der Waals surface area contributed by atoms with Gasteiger partial charge in [0.1, 0.15) is 0 Å². The van der Waals surface area contributed by atoms with E-state index in [4.69, 9.17) is 4.74 Å². The maximum Gasteiger partial charge on any atom is 0.254 e. The number of hydrogen-bond acceptors (Lipinski definition) is 3. The second kappa shape index (κ2) is 7.18. The number of methoxy groups -OCH3 is 1. The van der Waals surface area contributed by atoms with Crippen LogP contribution in [0.2, 0.25) is 0 Å². The molecule has 1 aliphatic rings. The van der Waals surface area contributed by atoms with Gasteiger partial charge in [-0.1, -0.05) is 12.1 Å². The Balaban J connectivity index is 1.72. The number of aryl methyl sites for hydroxylation is 2. The van der Waals surface area contributed by atoms with Crippen molar-refractivity contribution in [1.82, 2.24) is 14.7 Å². The van der Waals surface area contributed by atoms with Gasteiger partial charge in [-0.15, -0.1) is 0 Å². The van der Waals surface area contributed by atoms with Crippen molar-refractivity contribution < 1.29 is 9.53 Å². The van der Waals surface area contributed by atoms with Crippen LogP contribution in [0.25, 0.3) is 0 Å². The minimum absolute atomic E-state index is 0.114. The average Bonchev–Trinajstić information content (AvgIpc) is 3.14. The number of nitrogens with zero attached hydrogens (tertiary/aromatic N) is 3. The molecule has 0 aliphatic carbocycles. The third kappa shape index (κ3) is 3.51. The highest BCUT2D eigenvalue weighted by atomic mass is 16.5. The van der Waals surface area contributed by atoms with Gasteiger partial charge in [0.15, 0.2) is 0 Å². The minimum Gasteiger partial charge on any atom is -0.380 e. The molecule has 1 fully saturated rings. The predicted molar refractivity (Wildman–Crippen MR) is 92.9 cm³/mol. The zero-order valence-corrected chi connectivity index (χ0v) is 14.7. The van der Waals surface area contributed by atoms with Gasteiger partial charge >= 0.3 is 0 Å². The lowest BCUT2D eigenvalue weighted by Crippen LogP contribution is -2.38. The number of carbonyl (C=O) groups excluding carboxylic acids is 1. The van der Waals surface area contributed by atoms with E-state index in [-0.39, 0.29) is 11.9 Å². The van der Waals surface area contributed by atoms with Crippen molar-refractivity contribution in [3.8, 4) is 0 Å². The zero-order chi connectivity index (χ0) is 17.1. The minimum atomic E-state index is 0.114. The molecule has 0 saturated carbocycles. The molecule has 1 aromatic carbocycles. The Hall–Kier alpha value is -2.14. The van der Waals surface area contributed by atoms with Crippen LogP contribution < -0.4 is 0 Å². The highest BCUT2D eigenvalue weighted by molar-refractivity contribution is 5.94. The second-order valence-corrected chi connectivity index (χ2v) is 6.53. The van der Waals surface area contributed by atoms with Gasteiger partial charge in [-0.25, -0.2) is 0 Å². The third-order valence-corrected chi connectivity index (χ3v) is 4.64. The van der Waals surface area contributed by atoms with Crippen molar-refractivity contribution in [2.24, 2.45) is 0 Å². The molecule has 2 heterocycles. The molecule has 5 heteroatoms. The summed E-state index contributed by atoms with van der Waals surface area (Å²) < 4.78 is 7.14. The van der Waals surface area contributed by atoms with Crippen LogP contribution in [0.5, 0.6) is 0 Å². The Kier molecular flexibility index (Phi) is 5.00. The first kappa shape index (κ1) is 16.7. The summed E-state index contributed by atoms with van der Waals surface area (Å²) in [6, 6.07) is 10.0. The van der Waals surface area contributed by atoms with Gasteiger partial charge in [-0.3, -0.25) is 9.48 Å². The van der Waals surface area contributed by atoms with E-state index in [1.165, 1.54) is 0 Å². The molecule has 3 rings (SSSR count). The molecule has 1 saturated heterocycles. The Labute approximate surface area is 143 Å². The summed E-state index contributed by atoms with van der Waals surface area (Å²) in [6.45, 7) is 6.23. The molecule has 24 heavy (non-hydrogen) atoms. The molecular formula is C19H25N3O2. The van der Waals surface area contributed by atoms with Crippen molar-refractivity contribution in [3.63, 3.8) is 0 Å². The first-order valence-corrected chi connectivity index (χ1v) is 8.48. The molecule has 1 atom stereocenters. The molecule has 0 N–H and O–H groups in total. The molecule has 0 bridgehead atoms. The molecular weight excluding hydrogens is 302 g/mol. The van der Waals surface area contributed by atoms with E-state index in [0.29, 0.717) is 6.61 Å². The Bertz CT molecular complexity index is 706. The Morgan fingerprint density at radius 1 is 1.29 bits per heavy atom. The summed E-state index contributed by atoms with van der Waals surface area (Å²) in [6.07, 6.45) is 2.09. The quantitative estimate of drug-likeness (QED) is 0.848. The van der Waals surface area contributed by atoms with Crippen LogP contribution in [0.3, 0.4) is 0 Å². The van der Waals surface area contributed by atoms with Crippen molar-refractivity contribution in [3.05, 3.63) is 52.8 Å². The van der Waals surface area contributed by atoms with Gasteiger partial charge in [0.2, 0.25) is 0 Å². The van der Waals surface area contributed by atoms with Crippen molar-refractivity contribution in [1.29, 1.82) is 0 Å². The molecule has 0 unspecified atom stereocenters. The maximum absolute atomic E-state index is 12.9. The van der Waals surface area contributed by atoms with Crippen LogP contribution in [-0.2, 0) is 17.9 Å². The SMILES string of the molecule is COCc1ccc(C(=O)N2CCC[C@@H]2Cn2nc(C)cc2C)cc1. The fourth-order valence-corrected chi connectivity index (χ4v) is 3.43. The normalized spacial score (nSPS) is 17.5. The lowest BCUT2D eigenvalue weighted by Gasteiger charge is -2.25. The summed E-state index contributed by atoms with van der Waals surface area (Å²) in [5, 5.41) is 4.54. The van der Waals surface area contributed by atoms with E-state index < -0.39 is 0 Å². The van der Waals surface area contributed by atoms with Crippen LogP contribution in [0.1, 0.15) is 40.2 Å². The maximum atomic E-state index is 12.9. The summed E-state index contributed by atoms with van der Waals surface area (Å²) in [5.74, 6) is 0.114. The summed E-state index contributed by atoms with van der Waals surface area (Å²) in [5.41, 5.74) is 4.00. The lowest BCUT2D eigenvalue weighted by atomic mass is 10.1. The first-order valence-electron chi connectivity index (χ1n) is 8.48. The Morgan fingerprint density at radius 2 is 2.04 bits per heavy atom. The van der Waals surface area contributed by atoms with Crippen LogP contribution in [0.15, 0.2) is 30.3 Å². The monoisotopic (exact) mass is 327 g/mol. The van der Waals surface area contributed by atoms with Gasteiger partial charge < -0.3 is 9.64 Å². The highest BCUT2D eigenvalue weighted by Crippen LogP contribution is 2.22. The van der Waals surface area contributed by atoms with Gasteiger partial charge in [0.05, 0.1) is 24.9 Å². The van der Waals surface area contributed by atoms with Gasteiger partial charge in [0, 0.05) is 24.9 Å². The molecule has 5 nitrogen and oxygen atoms in total. The molecule has 2 aromatic rings. The first-order chi connectivity index (χ1) is 11.6. The molecule has 128 valence electrons. The van der Waals surface area contributed by atoms with Crippen LogP contribution in [0.4, 0.5) is 0 Å². The highest BCUT2D eigenvalue weighted by Gasteiger charge is 2.30. The fourth-order valence-electron chi connectivity index (χ4n) is 3.43. The number of carbonyl (C=O) groups is 1. The molecule has 1 aromatic heterocycles. The fraction of sp³-hybridized carbons (Fsp3) is 0.474. The third-order valence-electron chi connectivity index (χ3n) is 4.64. The smallest absolute Gasteiger partial charge is 0.254 e. The van der Waals surface area contributed by atoms with Crippen LogP contribution in [-0.4, -0.2) is 40.3 Å². The number of likely N-dealkylation sites (tertiary alicyclic amines) is 1. The van der Waals surface area contributed by atoms with E-state index in [1.807, 2.05) is 40.8 Å². The van der Waals surface area contributed by atoms with E-state index in [0.717, 1.165) is 48.4 Å². The Morgan fingerprint density at radius 3 is 2.67 bits per heavy atom. The average molecular weight is 327 g/mol. The molecule has 1 aliphatic heterocycles. The van der Waals surface area contributed by atoms with Gasteiger partial charge in [-0.2, -0.15) is 5.10 Å². The topological polar surface area (TPSA) is 47.4 Å². The summed E-state index contributed by atoms with van der Waals surface area (Å²) in [4.78, 5) is 14.9. The molecule has 0 radical (unpaired) electrons. The van der Waals surface area contributed by atoms with Crippen LogP contribution in [0, 0.1) is 13.8 Å². The van der Waals surface area contributed by atoms with Gasteiger partial charge in [0.25, 0.3) is 5.91 Å². The largest absolute Gasteiger partial charge is 0.380 e. The second-order valence-electron chi connectivity index (χ2n) is 6.53. The van der Waals surface area contributed by atoms with Crippen molar-refractivity contribution in [2.75, 3.05) is 13.7 Å². The van der Waals surface area contributed by atoms with E-state index in [1.54, 1.807) is 7.11 Å². The molecule has 1 amide bonds. The van der Waals surface area contributed by atoms with E-state index in [9.17, 15) is 4.79 Å². The number of amides is 1. The van der Waals surface area contributed by atoms with Crippen LogP contribution >= 0.6 is 0 Å². The number of benzene rings is 1. The standard InChI is InChI=1S/C19H25N3O2/c1-14-11-15(2)22(20-14)12-18-5-4-10-21(18)19(23)17-8-6-16(7-9-17)13-24-3/h6-9,11,18H,4-5,10,12-13H2,1-3H3/t18-/m1/s1. The number of hydrogen-bond donors (Lipinski definition) is 0. The predicted octanol–water partition coefficient (Wildman–Crippen LogP) is 2.95. The number of rotatable bonds is 5. The summed E-state index contributed by atoms with van der Waals surface area (Å²) >= 11 is 0. The van der Waals surface area contributed by atoms with Crippen molar-refractivity contribution in [2.45, 2.75) is 45.9 Å². The zero-order valence-electron chi connectivity index (χ0n) is 14.7. The molecule has 0 spiro atoms.